The van der Waals surface area contributed by atoms with Crippen LogP contribution in [0.1, 0.15) is 29.7 Å². The Morgan fingerprint density at radius 1 is 1.26 bits per heavy atom. The number of hydrogen-bond donors (Lipinski definition) is 1. The Bertz CT molecular complexity index is 895. The van der Waals surface area contributed by atoms with Crippen LogP contribution in [0.5, 0.6) is 0 Å². The van der Waals surface area contributed by atoms with Crippen molar-refractivity contribution in [2.24, 2.45) is 0 Å². The third kappa shape index (κ3) is 4.34. The van der Waals surface area contributed by atoms with Gasteiger partial charge in [0.1, 0.15) is 5.82 Å². The topological polar surface area (TPSA) is 58.6 Å². The van der Waals surface area contributed by atoms with Crippen LogP contribution >= 0.6 is 0 Å². The molecule has 0 fully saturated rings. The highest BCUT2D eigenvalue weighted by Crippen LogP contribution is 2.31. The summed E-state index contributed by atoms with van der Waals surface area (Å²) >= 11 is 0. The summed E-state index contributed by atoms with van der Waals surface area (Å²) in [6.07, 6.45) is 3.34. The molecule has 1 unspecified atom stereocenters. The van der Waals surface area contributed by atoms with Gasteiger partial charge in [-0.15, -0.1) is 0 Å². The van der Waals surface area contributed by atoms with Gasteiger partial charge in [0.15, 0.2) is 0 Å². The second-order valence-corrected chi connectivity index (χ2v) is 6.38. The zero-order valence-corrected chi connectivity index (χ0v) is 15.2. The second kappa shape index (κ2) is 8.03. The number of hydrogen-bond acceptors (Lipinski definition) is 3. The molecular formula is C21H21FN2O3. The van der Waals surface area contributed by atoms with Crippen molar-refractivity contribution < 1.29 is 18.7 Å². The van der Waals surface area contributed by atoms with E-state index in [2.05, 4.69) is 5.32 Å². The van der Waals surface area contributed by atoms with Gasteiger partial charge in [-0.05, 0) is 54.3 Å². The molecule has 3 rings (SSSR count). The Morgan fingerprint density at radius 2 is 2.07 bits per heavy atom. The third-order valence-corrected chi connectivity index (χ3v) is 4.53. The average molecular weight is 368 g/mol. The number of rotatable bonds is 4. The van der Waals surface area contributed by atoms with Gasteiger partial charge in [0.25, 0.3) is 0 Å². The molecule has 140 valence electrons. The fourth-order valence-corrected chi connectivity index (χ4v) is 3.12. The van der Waals surface area contributed by atoms with E-state index in [1.54, 1.807) is 23.1 Å². The molecule has 0 saturated heterocycles. The molecule has 2 aromatic carbocycles. The molecule has 27 heavy (non-hydrogen) atoms. The maximum Gasteiger partial charge on any atom is 0.414 e. The lowest BCUT2D eigenvalue weighted by molar-refractivity contribution is -0.117. The van der Waals surface area contributed by atoms with E-state index in [0.29, 0.717) is 12.1 Å². The molecule has 1 aliphatic heterocycles. The Hall–Kier alpha value is -3.15. The highest BCUT2D eigenvalue weighted by molar-refractivity contribution is 5.92. The SMILES string of the molecule is COC(=O)N1CCc2cc(C(C)NC(=O)/C=C/c3cccc(F)c3)ccc21. The van der Waals surface area contributed by atoms with Gasteiger partial charge in [-0.1, -0.05) is 24.3 Å². The first-order valence-electron chi connectivity index (χ1n) is 8.70. The summed E-state index contributed by atoms with van der Waals surface area (Å²) in [5.41, 5.74) is 3.47. The van der Waals surface area contributed by atoms with Crippen molar-refractivity contribution in [3.63, 3.8) is 0 Å². The Kier molecular flexibility index (Phi) is 5.54. The lowest BCUT2D eigenvalue weighted by Gasteiger charge is -2.17. The molecule has 0 aliphatic carbocycles. The maximum absolute atomic E-state index is 13.2. The summed E-state index contributed by atoms with van der Waals surface area (Å²) in [5, 5.41) is 2.89. The predicted molar refractivity (Wildman–Crippen MR) is 102 cm³/mol. The number of anilines is 1. The van der Waals surface area contributed by atoms with Crippen LogP contribution < -0.4 is 10.2 Å². The molecule has 5 nitrogen and oxygen atoms in total. The average Bonchev–Trinajstić information content (AvgIpc) is 3.09. The lowest BCUT2D eigenvalue weighted by Crippen LogP contribution is -2.28. The van der Waals surface area contributed by atoms with Crippen LogP contribution in [0.4, 0.5) is 14.9 Å². The number of ether oxygens (including phenoxy) is 1. The number of fused-ring (bicyclic) bond motifs is 1. The van der Waals surface area contributed by atoms with Gasteiger partial charge in [-0.3, -0.25) is 9.69 Å². The van der Waals surface area contributed by atoms with Gasteiger partial charge in [0, 0.05) is 12.6 Å². The molecule has 1 N–H and O–H groups in total. The molecule has 0 aromatic heterocycles. The van der Waals surface area contributed by atoms with E-state index in [-0.39, 0.29) is 23.9 Å². The summed E-state index contributed by atoms with van der Waals surface area (Å²) in [6.45, 7) is 2.48. The standard InChI is InChI=1S/C21H21FN2O3/c1-14(23-20(25)9-6-15-4-3-5-18(22)12-15)16-7-8-19-17(13-16)10-11-24(19)21(26)27-2/h3-9,12-14H,10-11H2,1-2H3,(H,23,25)/b9-6+. The number of amides is 2. The van der Waals surface area contributed by atoms with E-state index >= 15 is 0 Å². The number of carbonyl (C=O) groups is 2. The zero-order valence-electron chi connectivity index (χ0n) is 15.2. The largest absolute Gasteiger partial charge is 0.452 e. The Morgan fingerprint density at radius 3 is 2.81 bits per heavy atom. The molecule has 1 atom stereocenters. The molecule has 0 spiro atoms. The summed E-state index contributed by atoms with van der Waals surface area (Å²) in [4.78, 5) is 25.5. The quantitative estimate of drug-likeness (QED) is 0.834. The van der Waals surface area contributed by atoms with Crippen LogP contribution in [0, 0.1) is 5.82 Å². The van der Waals surface area contributed by atoms with Gasteiger partial charge in [-0.2, -0.15) is 0 Å². The van der Waals surface area contributed by atoms with Crippen LogP contribution in [0.25, 0.3) is 6.08 Å². The van der Waals surface area contributed by atoms with E-state index in [4.69, 9.17) is 4.74 Å². The van der Waals surface area contributed by atoms with Crippen molar-refractivity contribution in [1.82, 2.24) is 5.32 Å². The molecule has 1 aliphatic rings. The number of nitrogens with zero attached hydrogens (tertiary/aromatic N) is 1. The fourth-order valence-electron chi connectivity index (χ4n) is 3.12. The summed E-state index contributed by atoms with van der Waals surface area (Å²) < 4.78 is 18.0. The van der Waals surface area contributed by atoms with Crippen LogP contribution in [0.15, 0.2) is 48.5 Å². The normalized spacial score (nSPS) is 14.1. The van der Waals surface area contributed by atoms with E-state index in [1.807, 2.05) is 25.1 Å². The molecular weight excluding hydrogens is 347 g/mol. The molecule has 2 aromatic rings. The van der Waals surface area contributed by atoms with Gasteiger partial charge in [0.2, 0.25) is 5.91 Å². The molecule has 6 heteroatoms. The molecule has 0 saturated carbocycles. The van der Waals surface area contributed by atoms with E-state index in [1.165, 1.54) is 25.3 Å². The minimum atomic E-state index is -0.370. The van der Waals surface area contributed by atoms with Gasteiger partial charge >= 0.3 is 6.09 Å². The molecule has 0 radical (unpaired) electrons. The molecule has 2 amide bonds. The number of carbonyl (C=O) groups excluding carboxylic acids is 2. The summed E-state index contributed by atoms with van der Waals surface area (Å²) in [5.74, 6) is -0.603. The third-order valence-electron chi connectivity index (χ3n) is 4.53. The lowest BCUT2D eigenvalue weighted by atomic mass is 10.0. The number of methoxy groups -OCH3 is 1. The molecule has 1 heterocycles. The smallest absolute Gasteiger partial charge is 0.414 e. The van der Waals surface area contributed by atoms with Crippen LogP contribution in [-0.4, -0.2) is 25.7 Å². The van der Waals surface area contributed by atoms with Crippen LogP contribution in [0.2, 0.25) is 0 Å². The minimum Gasteiger partial charge on any atom is -0.452 e. The first kappa shape index (κ1) is 18.6. The van der Waals surface area contributed by atoms with E-state index < -0.39 is 0 Å². The van der Waals surface area contributed by atoms with E-state index in [9.17, 15) is 14.0 Å². The van der Waals surface area contributed by atoms with E-state index in [0.717, 1.165) is 23.2 Å². The highest BCUT2D eigenvalue weighted by Gasteiger charge is 2.25. The number of halogens is 1. The Labute approximate surface area is 157 Å². The second-order valence-electron chi connectivity index (χ2n) is 6.38. The predicted octanol–water partition coefficient (Wildman–Crippen LogP) is 3.85. The fraction of sp³-hybridized carbons (Fsp3) is 0.238. The van der Waals surface area contributed by atoms with Crippen molar-refractivity contribution in [3.05, 3.63) is 71.0 Å². The highest BCUT2D eigenvalue weighted by atomic mass is 19.1. The Balaban J connectivity index is 1.65. The zero-order chi connectivity index (χ0) is 19.4. The maximum atomic E-state index is 13.2. The van der Waals surface area contributed by atoms with Crippen molar-refractivity contribution in [3.8, 4) is 0 Å². The van der Waals surface area contributed by atoms with Crippen molar-refractivity contribution in [1.29, 1.82) is 0 Å². The summed E-state index contributed by atoms with van der Waals surface area (Å²) in [6, 6.07) is 11.6. The minimum absolute atomic E-state index is 0.202. The van der Waals surface area contributed by atoms with Gasteiger partial charge < -0.3 is 10.1 Å². The van der Waals surface area contributed by atoms with Crippen LogP contribution in [-0.2, 0) is 16.0 Å². The van der Waals surface area contributed by atoms with Crippen LogP contribution in [0.3, 0.4) is 0 Å². The first-order valence-corrected chi connectivity index (χ1v) is 8.70. The van der Waals surface area contributed by atoms with Gasteiger partial charge in [-0.25, -0.2) is 9.18 Å². The number of benzene rings is 2. The summed E-state index contributed by atoms with van der Waals surface area (Å²) in [7, 11) is 1.36. The van der Waals surface area contributed by atoms with Gasteiger partial charge in [0.05, 0.1) is 18.8 Å². The number of nitrogens with one attached hydrogen (secondary N) is 1. The van der Waals surface area contributed by atoms with Crippen molar-refractivity contribution >= 4 is 23.8 Å². The van der Waals surface area contributed by atoms with Crippen molar-refractivity contribution in [2.45, 2.75) is 19.4 Å². The van der Waals surface area contributed by atoms with Crippen molar-refractivity contribution in [2.75, 3.05) is 18.6 Å². The molecule has 0 bridgehead atoms. The first-order chi connectivity index (χ1) is 13.0. The monoisotopic (exact) mass is 368 g/mol.